The highest BCUT2D eigenvalue weighted by Gasteiger charge is 2.20. The van der Waals surface area contributed by atoms with Gasteiger partial charge in [0.15, 0.2) is 5.82 Å². The van der Waals surface area contributed by atoms with Gasteiger partial charge in [-0.25, -0.2) is 0 Å². The van der Waals surface area contributed by atoms with Crippen LogP contribution < -0.4 is 5.32 Å². The number of hydrogen-bond donors (Lipinski definition) is 1. The molecule has 0 aliphatic carbocycles. The van der Waals surface area contributed by atoms with Gasteiger partial charge in [0.05, 0.1) is 13.0 Å². The summed E-state index contributed by atoms with van der Waals surface area (Å²) in [5.74, 6) is 2.37. The molecule has 2 heterocycles. The summed E-state index contributed by atoms with van der Waals surface area (Å²) in [5, 5.41) is 7.38. The summed E-state index contributed by atoms with van der Waals surface area (Å²) in [5.41, 5.74) is 1.20. The van der Waals surface area contributed by atoms with Gasteiger partial charge in [0.2, 0.25) is 5.89 Å². The van der Waals surface area contributed by atoms with Crippen LogP contribution in [0.1, 0.15) is 36.5 Å². The third kappa shape index (κ3) is 5.58. The summed E-state index contributed by atoms with van der Waals surface area (Å²) >= 11 is 0. The maximum absolute atomic E-state index is 5.39. The van der Waals surface area contributed by atoms with E-state index in [-0.39, 0.29) is 12.4 Å². The molecule has 24 heavy (non-hydrogen) atoms. The molecule has 0 unspecified atom stereocenters. The lowest BCUT2D eigenvalue weighted by atomic mass is 9.93. The van der Waals surface area contributed by atoms with Gasteiger partial charge in [0.1, 0.15) is 0 Å². The van der Waals surface area contributed by atoms with Gasteiger partial charge in [-0.2, -0.15) is 4.98 Å². The second-order valence-electron chi connectivity index (χ2n) is 6.38. The third-order valence-corrected chi connectivity index (χ3v) is 4.58. The molecule has 1 fully saturated rings. The van der Waals surface area contributed by atoms with Gasteiger partial charge in [-0.1, -0.05) is 35.5 Å². The van der Waals surface area contributed by atoms with Crippen molar-refractivity contribution in [3.63, 3.8) is 0 Å². The molecule has 1 saturated heterocycles. The maximum Gasteiger partial charge on any atom is 0.231 e. The van der Waals surface area contributed by atoms with Crippen molar-refractivity contribution < 1.29 is 4.52 Å². The fourth-order valence-electron chi connectivity index (χ4n) is 3.18. The Balaban J connectivity index is 0.00000208. The molecule has 1 aromatic heterocycles. The highest BCUT2D eigenvalue weighted by Crippen LogP contribution is 2.21. The van der Waals surface area contributed by atoms with Crippen molar-refractivity contribution >= 4 is 12.4 Å². The number of piperidine rings is 1. The predicted molar refractivity (Wildman–Crippen MR) is 97.3 cm³/mol. The van der Waals surface area contributed by atoms with E-state index in [2.05, 4.69) is 32.5 Å². The topological polar surface area (TPSA) is 54.2 Å². The van der Waals surface area contributed by atoms with E-state index in [1.165, 1.54) is 24.8 Å². The Hall–Kier alpha value is -1.43. The van der Waals surface area contributed by atoms with Crippen LogP contribution in [0.15, 0.2) is 34.9 Å². The first kappa shape index (κ1) is 18.9. The van der Waals surface area contributed by atoms with E-state index < -0.39 is 0 Å². The van der Waals surface area contributed by atoms with Crippen LogP contribution in [0.4, 0.5) is 0 Å². The number of likely N-dealkylation sites (tertiary alicyclic amines) is 1. The summed E-state index contributed by atoms with van der Waals surface area (Å²) in [6, 6.07) is 10.2. The lowest BCUT2D eigenvalue weighted by Gasteiger charge is -2.31. The van der Waals surface area contributed by atoms with E-state index in [1.807, 2.05) is 25.2 Å². The quantitative estimate of drug-likeness (QED) is 0.832. The van der Waals surface area contributed by atoms with Crippen LogP contribution >= 0.6 is 12.4 Å². The van der Waals surface area contributed by atoms with Crippen LogP contribution in [0.3, 0.4) is 0 Å². The molecule has 1 aliphatic rings. The first-order valence-corrected chi connectivity index (χ1v) is 8.56. The lowest BCUT2D eigenvalue weighted by Crippen LogP contribution is -2.34. The minimum atomic E-state index is 0. The maximum atomic E-state index is 5.39. The monoisotopic (exact) mass is 350 g/mol. The molecule has 6 heteroatoms. The number of nitrogens with zero attached hydrogens (tertiary/aromatic N) is 3. The van der Waals surface area contributed by atoms with Gasteiger partial charge in [0.25, 0.3) is 0 Å². The smallest absolute Gasteiger partial charge is 0.231 e. The fraction of sp³-hybridized carbons (Fsp3) is 0.556. The van der Waals surface area contributed by atoms with E-state index >= 15 is 0 Å². The molecule has 132 valence electrons. The van der Waals surface area contributed by atoms with Crippen LogP contribution in [-0.2, 0) is 13.0 Å². The normalized spacial score (nSPS) is 16.0. The van der Waals surface area contributed by atoms with E-state index in [4.69, 9.17) is 4.52 Å². The minimum Gasteiger partial charge on any atom is -0.339 e. The average molecular weight is 351 g/mol. The standard InChI is InChI=1S/C18H26N4O.ClH/c1-19-10-7-15-8-11-22(12-9-15)14-17-20-18(23-21-17)13-16-5-3-2-4-6-16;/h2-6,15,19H,7-14H2,1H3;1H. The predicted octanol–water partition coefficient (Wildman–Crippen LogP) is 2.90. The zero-order valence-electron chi connectivity index (χ0n) is 14.3. The van der Waals surface area contributed by atoms with E-state index in [0.717, 1.165) is 37.9 Å². The summed E-state index contributed by atoms with van der Waals surface area (Å²) in [4.78, 5) is 6.98. The Morgan fingerprint density at radius 2 is 1.96 bits per heavy atom. The molecule has 5 nitrogen and oxygen atoms in total. The molecular weight excluding hydrogens is 324 g/mol. The van der Waals surface area contributed by atoms with Crippen molar-refractivity contribution in [3.8, 4) is 0 Å². The van der Waals surface area contributed by atoms with Crippen LogP contribution in [0, 0.1) is 5.92 Å². The van der Waals surface area contributed by atoms with Gasteiger partial charge >= 0.3 is 0 Å². The highest BCUT2D eigenvalue weighted by atomic mass is 35.5. The molecule has 3 rings (SSSR count). The van der Waals surface area contributed by atoms with Gasteiger partial charge in [-0.15, -0.1) is 12.4 Å². The Labute approximate surface area is 150 Å². The van der Waals surface area contributed by atoms with Crippen molar-refractivity contribution in [2.45, 2.75) is 32.2 Å². The number of nitrogens with one attached hydrogen (secondary N) is 1. The third-order valence-electron chi connectivity index (χ3n) is 4.58. The second-order valence-corrected chi connectivity index (χ2v) is 6.38. The molecule has 0 amide bonds. The first-order chi connectivity index (χ1) is 11.3. The van der Waals surface area contributed by atoms with Crippen molar-refractivity contribution in [1.82, 2.24) is 20.4 Å². The van der Waals surface area contributed by atoms with Gasteiger partial charge in [-0.3, -0.25) is 4.90 Å². The van der Waals surface area contributed by atoms with Crippen molar-refractivity contribution in [3.05, 3.63) is 47.6 Å². The zero-order chi connectivity index (χ0) is 15.9. The number of halogens is 1. The molecule has 0 bridgehead atoms. The molecule has 1 N–H and O–H groups in total. The van der Waals surface area contributed by atoms with Crippen molar-refractivity contribution in [1.29, 1.82) is 0 Å². The second kappa shape index (κ2) is 9.77. The minimum absolute atomic E-state index is 0. The number of rotatable bonds is 7. The van der Waals surface area contributed by atoms with Gasteiger partial charge in [0, 0.05) is 0 Å². The molecule has 0 saturated carbocycles. The number of aromatic nitrogens is 2. The first-order valence-electron chi connectivity index (χ1n) is 8.56. The summed E-state index contributed by atoms with van der Waals surface area (Å²) in [6.07, 6.45) is 4.54. The summed E-state index contributed by atoms with van der Waals surface area (Å²) in [7, 11) is 2.03. The zero-order valence-corrected chi connectivity index (χ0v) is 15.1. The molecule has 0 spiro atoms. The van der Waals surface area contributed by atoms with Crippen LogP contribution in [0.25, 0.3) is 0 Å². The van der Waals surface area contributed by atoms with Crippen LogP contribution in [-0.4, -0.2) is 41.7 Å². The molecule has 1 aromatic carbocycles. The molecule has 1 aliphatic heterocycles. The Morgan fingerprint density at radius 1 is 1.21 bits per heavy atom. The summed E-state index contributed by atoms with van der Waals surface area (Å²) in [6.45, 7) is 4.20. The van der Waals surface area contributed by atoms with Crippen LogP contribution in [0.5, 0.6) is 0 Å². The van der Waals surface area contributed by atoms with E-state index in [9.17, 15) is 0 Å². The highest BCUT2D eigenvalue weighted by molar-refractivity contribution is 5.85. The number of benzene rings is 1. The Bertz CT molecular complexity index is 582. The average Bonchev–Trinajstić information content (AvgIpc) is 3.02. The Morgan fingerprint density at radius 3 is 2.67 bits per heavy atom. The largest absolute Gasteiger partial charge is 0.339 e. The van der Waals surface area contributed by atoms with Crippen molar-refractivity contribution in [2.24, 2.45) is 5.92 Å². The summed E-state index contributed by atoms with van der Waals surface area (Å²) < 4.78 is 5.39. The van der Waals surface area contributed by atoms with Gasteiger partial charge in [-0.05, 0) is 57.4 Å². The molecule has 0 atom stereocenters. The van der Waals surface area contributed by atoms with Crippen LogP contribution in [0.2, 0.25) is 0 Å². The molecule has 0 radical (unpaired) electrons. The molecular formula is C18H27ClN4O. The number of hydrogen-bond acceptors (Lipinski definition) is 5. The SMILES string of the molecule is CNCCC1CCN(Cc2noc(Cc3ccccc3)n2)CC1.Cl. The van der Waals surface area contributed by atoms with E-state index in [0.29, 0.717) is 12.3 Å². The lowest BCUT2D eigenvalue weighted by molar-refractivity contribution is 0.167. The fourth-order valence-corrected chi connectivity index (χ4v) is 3.18. The van der Waals surface area contributed by atoms with E-state index in [1.54, 1.807) is 0 Å². The van der Waals surface area contributed by atoms with Crippen molar-refractivity contribution in [2.75, 3.05) is 26.7 Å². The Kier molecular flexibility index (Phi) is 7.69. The molecule has 2 aromatic rings. The van der Waals surface area contributed by atoms with Gasteiger partial charge < -0.3 is 9.84 Å².